The predicted molar refractivity (Wildman–Crippen MR) is 106 cm³/mol. The molecular weight excluding hydrogens is 395 g/mol. The highest BCUT2D eigenvalue weighted by atomic mass is 19.2. The number of hydrogen-bond donors (Lipinski definition) is 2. The first kappa shape index (κ1) is 21.7. The highest BCUT2D eigenvalue weighted by molar-refractivity contribution is 5.79. The number of nitrogens with zero attached hydrogens (tertiary/aromatic N) is 2. The average molecular weight is 422 g/mol. The van der Waals surface area contributed by atoms with Crippen LogP contribution in [0.4, 0.5) is 19.8 Å². The number of ether oxygens (including phenoxy) is 2. The van der Waals surface area contributed by atoms with Crippen molar-refractivity contribution in [2.45, 2.75) is 39.0 Å². The van der Waals surface area contributed by atoms with Crippen molar-refractivity contribution in [2.75, 3.05) is 24.6 Å². The minimum atomic E-state index is -1.14. The average Bonchev–Trinajstić information content (AvgIpc) is 3.21. The van der Waals surface area contributed by atoms with E-state index in [0.717, 1.165) is 12.2 Å². The Bertz CT molecular complexity index is 805. The molecule has 0 saturated carbocycles. The van der Waals surface area contributed by atoms with Crippen molar-refractivity contribution in [1.82, 2.24) is 10.4 Å². The molecule has 5 atom stereocenters. The van der Waals surface area contributed by atoms with E-state index in [-0.39, 0.29) is 17.1 Å². The van der Waals surface area contributed by atoms with Gasteiger partial charge in [0.05, 0.1) is 18.6 Å². The maximum Gasteiger partial charge on any atom is 0.439 e. The number of hydrogen-bond acceptors (Lipinski definition) is 6. The van der Waals surface area contributed by atoms with Gasteiger partial charge >= 0.3 is 12.2 Å². The third kappa shape index (κ3) is 4.27. The number of primary amides is 1. The van der Waals surface area contributed by atoms with Crippen LogP contribution in [0, 0.1) is 11.8 Å². The summed E-state index contributed by atoms with van der Waals surface area (Å²) in [4.78, 5) is 37.0. The van der Waals surface area contributed by atoms with Crippen LogP contribution < -0.4 is 16.0 Å². The number of halogens is 1. The summed E-state index contributed by atoms with van der Waals surface area (Å²) < 4.78 is 24.4. The normalized spacial score (nSPS) is 27.0. The monoisotopic (exact) mass is 422 g/mol. The van der Waals surface area contributed by atoms with Gasteiger partial charge < -0.3 is 25.4 Å². The van der Waals surface area contributed by atoms with Crippen molar-refractivity contribution in [1.29, 1.82) is 0 Å². The molecule has 1 aromatic rings. The lowest BCUT2D eigenvalue weighted by Crippen LogP contribution is -2.40. The first-order valence-electron chi connectivity index (χ1n) is 9.96. The molecular formula is C20H27FN4O5. The molecule has 5 unspecified atom stereocenters. The summed E-state index contributed by atoms with van der Waals surface area (Å²) in [5.74, 6) is -1.29. The van der Waals surface area contributed by atoms with Gasteiger partial charge in [-0.1, -0.05) is 23.5 Å². The highest BCUT2D eigenvalue weighted by Crippen LogP contribution is 2.38. The second-order valence-electron chi connectivity index (χ2n) is 7.74. The van der Waals surface area contributed by atoms with Gasteiger partial charge in [-0.3, -0.25) is 4.79 Å². The number of benzene rings is 1. The summed E-state index contributed by atoms with van der Waals surface area (Å²) in [5.41, 5.74) is 6.71. The molecule has 3 amide bonds. The van der Waals surface area contributed by atoms with Crippen LogP contribution in [-0.2, 0) is 14.3 Å². The van der Waals surface area contributed by atoms with E-state index >= 15 is 0 Å². The molecule has 3 rings (SSSR count). The van der Waals surface area contributed by atoms with Crippen molar-refractivity contribution < 1.29 is 28.3 Å². The molecule has 2 aliphatic rings. The molecule has 0 aliphatic carbocycles. The second-order valence-corrected chi connectivity index (χ2v) is 7.74. The van der Waals surface area contributed by atoms with Crippen molar-refractivity contribution in [3.05, 3.63) is 29.8 Å². The molecule has 30 heavy (non-hydrogen) atoms. The number of nitrogens with one attached hydrogen (secondary N) is 1. The van der Waals surface area contributed by atoms with Gasteiger partial charge in [-0.15, -0.1) is 5.12 Å². The van der Waals surface area contributed by atoms with E-state index in [2.05, 4.69) is 10.2 Å². The summed E-state index contributed by atoms with van der Waals surface area (Å²) in [7, 11) is 0. The lowest BCUT2D eigenvalue weighted by atomic mass is 9.92. The largest absolute Gasteiger partial charge is 0.450 e. The van der Waals surface area contributed by atoms with Crippen molar-refractivity contribution in [3.63, 3.8) is 0 Å². The molecule has 2 heterocycles. The fourth-order valence-corrected chi connectivity index (χ4v) is 3.90. The lowest BCUT2D eigenvalue weighted by molar-refractivity contribution is -0.124. The van der Waals surface area contributed by atoms with Gasteiger partial charge in [-0.2, -0.15) is 0 Å². The van der Waals surface area contributed by atoms with E-state index in [1.807, 2.05) is 19.1 Å². The molecule has 9 nitrogen and oxygen atoms in total. The van der Waals surface area contributed by atoms with Crippen molar-refractivity contribution >= 4 is 23.8 Å². The van der Waals surface area contributed by atoms with E-state index in [4.69, 9.17) is 15.2 Å². The molecule has 2 saturated heterocycles. The van der Waals surface area contributed by atoms with Gasteiger partial charge in [0.2, 0.25) is 5.91 Å². The number of anilines is 1. The van der Waals surface area contributed by atoms with E-state index < -0.39 is 36.2 Å². The number of carbonyl (C=O) groups excluding carboxylic acids is 3. The lowest BCUT2D eigenvalue weighted by Gasteiger charge is -2.23. The molecule has 0 aromatic heterocycles. The highest BCUT2D eigenvalue weighted by Gasteiger charge is 2.47. The topological polar surface area (TPSA) is 114 Å². The van der Waals surface area contributed by atoms with Crippen LogP contribution in [-0.4, -0.2) is 55.1 Å². The van der Waals surface area contributed by atoms with Gasteiger partial charge in [0.15, 0.2) is 0 Å². The number of alkyl carbamates (subject to hydrolysis) is 1. The van der Waals surface area contributed by atoms with Gasteiger partial charge in [0.25, 0.3) is 0 Å². The van der Waals surface area contributed by atoms with Crippen molar-refractivity contribution in [3.8, 4) is 0 Å². The molecule has 0 spiro atoms. The molecule has 0 bridgehead atoms. The second kappa shape index (κ2) is 8.76. The van der Waals surface area contributed by atoms with Gasteiger partial charge in [-0.25, -0.2) is 9.59 Å². The number of nitrogens with two attached hydrogens (primary N) is 1. The molecule has 2 aliphatic heterocycles. The minimum absolute atomic E-state index is 0.00364. The van der Waals surface area contributed by atoms with E-state index in [1.54, 1.807) is 19.1 Å². The van der Waals surface area contributed by atoms with Crippen LogP contribution in [0.1, 0.15) is 32.4 Å². The Morgan fingerprint density at radius 1 is 1.33 bits per heavy atom. The number of rotatable bonds is 6. The number of amides is 3. The standard InChI is InChI=1S/C20H27FN4O5/c1-4-29-19(27)23-15-10-24(9-11(15)2)14-7-5-13(6-8-14)16-17(12(3)18(22)26)30-20(28)25(16)21/h5-8,11-12,15-17H,4,9-10H2,1-3H3,(H2,22,26)(H,23,27). The minimum Gasteiger partial charge on any atom is -0.450 e. The molecule has 164 valence electrons. The third-order valence-electron chi connectivity index (χ3n) is 5.70. The third-order valence-corrected chi connectivity index (χ3v) is 5.70. The molecule has 0 radical (unpaired) electrons. The number of carbonyl (C=O) groups is 3. The first-order chi connectivity index (χ1) is 14.2. The van der Waals surface area contributed by atoms with Gasteiger partial charge in [-0.05, 0) is 37.5 Å². The Hall–Kier alpha value is -3.04. The van der Waals surface area contributed by atoms with Crippen LogP contribution in [0.5, 0.6) is 0 Å². The van der Waals surface area contributed by atoms with Crippen LogP contribution >= 0.6 is 0 Å². The summed E-state index contributed by atoms with van der Waals surface area (Å²) in [5, 5.41) is 2.86. The smallest absolute Gasteiger partial charge is 0.439 e. The SMILES string of the molecule is CCOC(=O)NC1CN(c2ccc(C3C(C(C)C(N)=O)OC(=O)N3F)cc2)CC1C. The first-order valence-corrected chi connectivity index (χ1v) is 9.96. The summed E-state index contributed by atoms with van der Waals surface area (Å²) in [6.45, 7) is 6.96. The summed E-state index contributed by atoms with van der Waals surface area (Å²) in [6, 6.07) is 5.93. The van der Waals surface area contributed by atoms with Gasteiger partial charge in [0.1, 0.15) is 12.1 Å². The van der Waals surface area contributed by atoms with E-state index in [1.165, 1.54) is 6.92 Å². The zero-order chi connectivity index (χ0) is 22.0. The Labute approximate surface area is 174 Å². The number of cyclic esters (lactones) is 1. The molecule has 3 N–H and O–H groups in total. The Balaban J connectivity index is 1.72. The van der Waals surface area contributed by atoms with E-state index in [0.29, 0.717) is 18.7 Å². The fourth-order valence-electron chi connectivity index (χ4n) is 3.90. The van der Waals surface area contributed by atoms with E-state index in [9.17, 15) is 18.9 Å². The molecule has 2 fully saturated rings. The van der Waals surface area contributed by atoms with Crippen LogP contribution in [0.15, 0.2) is 24.3 Å². The maximum atomic E-state index is 14.4. The molecule has 1 aromatic carbocycles. The quantitative estimate of drug-likeness (QED) is 0.679. The van der Waals surface area contributed by atoms with Crippen LogP contribution in [0.3, 0.4) is 0 Å². The molecule has 10 heteroatoms. The Kier molecular flexibility index (Phi) is 6.33. The van der Waals surface area contributed by atoms with Crippen LogP contribution in [0.25, 0.3) is 0 Å². The van der Waals surface area contributed by atoms with Crippen LogP contribution in [0.2, 0.25) is 0 Å². The fraction of sp³-hybridized carbons (Fsp3) is 0.550. The zero-order valence-electron chi connectivity index (χ0n) is 17.2. The predicted octanol–water partition coefficient (Wildman–Crippen LogP) is 2.13. The van der Waals surface area contributed by atoms with Crippen molar-refractivity contribution in [2.24, 2.45) is 17.6 Å². The summed E-state index contributed by atoms with van der Waals surface area (Å²) in [6.07, 6.45) is -2.57. The Morgan fingerprint density at radius 2 is 2.00 bits per heavy atom. The summed E-state index contributed by atoms with van der Waals surface area (Å²) >= 11 is 0. The maximum absolute atomic E-state index is 14.4. The zero-order valence-corrected chi connectivity index (χ0v) is 17.2. The Morgan fingerprint density at radius 3 is 2.60 bits per heavy atom. The van der Waals surface area contributed by atoms with Gasteiger partial charge in [0, 0.05) is 18.8 Å².